The number of hydrogen-bond donors (Lipinski definition) is 2. The van der Waals surface area contributed by atoms with Crippen LogP contribution in [0.3, 0.4) is 0 Å². The molecule has 2 aromatic carbocycles. The van der Waals surface area contributed by atoms with Gasteiger partial charge in [-0.1, -0.05) is 19.4 Å². The Balaban J connectivity index is 1.20. The molecule has 0 aromatic heterocycles. The topological polar surface area (TPSA) is 66.4 Å². The maximum atomic E-state index is 13.8. The van der Waals surface area contributed by atoms with Crippen molar-refractivity contribution in [2.24, 2.45) is 23.2 Å². The molecule has 0 bridgehead atoms. The van der Waals surface area contributed by atoms with Gasteiger partial charge in [-0.3, -0.25) is 9.59 Å². The van der Waals surface area contributed by atoms with Gasteiger partial charge in [0.15, 0.2) is 0 Å². The van der Waals surface area contributed by atoms with E-state index in [1.165, 1.54) is 11.1 Å². The summed E-state index contributed by atoms with van der Waals surface area (Å²) in [6, 6.07) is 8.74. The first kappa shape index (κ1) is 24.0. The summed E-state index contributed by atoms with van der Waals surface area (Å²) in [4.78, 5) is 25.4. The van der Waals surface area contributed by atoms with Crippen LogP contribution in [0, 0.1) is 34.8 Å². The maximum absolute atomic E-state index is 13.8. The SMILES string of the molecule is C[C@]12CC[C@@H]3c4ccc(O)cc4CC[C@H]3[C@@H]1[C@@H](CCCCNC(=O)c1ccc(F)cc1F)CC2=O. The molecule has 3 aliphatic carbocycles. The molecule has 2 aromatic rings. The number of Topliss-reactive ketones (excluding diaryl/α,β-unsaturated/α-hetero) is 1. The minimum Gasteiger partial charge on any atom is -0.508 e. The molecule has 6 heteroatoms. The molecule has 0 heterocycles. The van der Waals surface area contributed by atoms with Gasteiger partial charge in [-0.05, 0) is 97.6 Å². The lowest BCUT2D eigenvalue weighted by Crippen LogP contribution is -2.44. The smallest absolute Gasteiger partial charge is 0.254 e. The lowest BCUT2D eigenvalue weighted by Gasteiger charge is -2.50. The van der Waals surface area contributed by atoms with Crippen molar-refractivity contribution in [1.29, 1.82) is 0 Å². The molecular formula is C29H33F2NO3. The molecule has 0 unspecified atom stereocenters. The number of benzene rings is 2. The van der Waals surface area contributed by atoms with Crippen LogP contribution in [0.2, 0.25) is 0 Å². The monoisotopic (exact) mass is 481 g/mol. The summed E-state index contributed by atoms with van der Waals surface area (Å²) < 4.78 is 26.9. The zero-order chi connectivity index (χ0) is 24.7. The molecule has 0 aliphatic heterocycles. The molecule has 4 nitrogen and oxygen atoms in total. The van der Waals surface area contributed by atoms with Crippen molar-refractivity contribution in [3.05, 3.63) is 64.7 Å². The van der Waals surface area contributed by atoms with Crippen molar-refractivity contribution in [3.8, 4) is 5.75 Å². The summed E-state index contributed by atoms with van der Waals surface area (Å²) in [7, 11) is 0. The highest BCUT2D eigenvalue weighted by atomic mass is 19.1. The summed E-state index contributed by atoms with van der Waals surface area (Å²) in [6.45, 7) is 2.60. The Morgan fingerprint density at radius 1 is 1.14 bits per heavy atom. The normalized spacial score (nSPS) is 29.3. The van der Waals surface area contributed by atoms with E-state index >= 15 is 0 Å². The second kappa shape index (κ2) is 9.36. The first-order chi connectivity index (χ1) is 16.8. The number of nitrogens with one attached hydrogen (secondary N) is 1. The van der Waals surface area contributed by atoms with E-state index in [1.54, 1.807) is 6.07 Å². The summed E-state index contributed by atoms with van der Waals surface area (Å²) in [5.74, 6) is 0.299. The molecule has 0 spiro atoms. The van der Waals surface area contributed by atoms with E-state index in [-0.39, 0.29) is 11.0 Å². The molecule has 1 amide bonds. The molecule has 3 aliphatic rings. The number of amides is 1. The van der Waals surface area contributed by atoms with Gasteiger partial charge in [0.25, 0.3) is 5.91 Å². The van der Waals surface area contributed by atoms with Gasteiger partial charge in [0.1, 0.15) is 23.2 Å². The molecule has 186 valence electrons. The number of halogens is 2. The summed E-state index contributed by atoms with van der Waals surface area (Å²) in [5, 5.41) is 12.6. The highest BCUT2D eigenvalue weighted by Crippen LogP contribution is 2.62. The molecular weight excluding hydrogens is 448 g/mol. The third kappa shape index (κ3) is 4.36. The fourth-order valence-electron chi connectivity index (χ4n) is 7.40. The van der Waals surface area contributed by atoms with Gasteiger partial charge < -0.3 is 10.4 Å². The number of phenolic OH excluding ortho intramolecular Hbond substituents is 1. The number of fused-ring (bicyclic) bond motifs is 5. The molecule has 5 rings (SSSR count). The second-order valence-electron chi connectivity index (χ2n) is 10.9. The van der Waals surface area contributed by atoms with Gasteiger partial charge >= 0.3 is 0 Å². The Hall–Kier alpha value is -2.76. The summed E-state index contributed by atoms with van der Waals surface area (Å²) >= 11 is 0. The van der Waals surface area contributed by atoms with Gasteiger partial charge in [-0.2, -0.15) is 0 Å². The molecule has 35 heavy (non-hydrogen) atoms. The first-order valence-electron chi connectivity index (χ1n) is 12.9. The summed E-state index contributed by atoms with van der Waals surface area (Å²) in [5.41, 5.74) is 2.22. The minimum atomic E-state index is -0.859. The lowest BCUT2D eigenvalue weighted by molar-refractivity contribution is -0.129. The maximum Gasteiger partial charge on any atom is 0.254 e. The number of ketones is 1. The van der Waals surface area contributed by atoms with Crippen LogP contribution in [0.15, 0.2) is 36.4 Å². The molecule has 0 radical (unpaired) electrons. The van der Waals surface area contributed by atoms with Crippen LogP contribution in [0.5, 0.6) is 5.75 Å². The third-order valence-corrected chi connectivity index (χ3v) is 9.02. The van der Waals surface area contributed by atoms with E-state index in [0.717, 1.165) is 57.1 Å². The van der Waals surface area contributed by atoms with Crippen LogP contribution in [-0.2, 0) is 11.2 Å². The lowest BCUT2D eigenvalue weighted by atomic mass is 9.54. The largest absolute Gasteiger partial charge is 0.508 e. The number of unbranched alkanes of at least 4 members (excludes halogenated alkanes) is 1. The fourth-order valence-corrected chi connectivity index (χ4v) is 7.40. The predicted molar refractivity (Wildman–Crippen MR) is 129 cm³/mol. The van der Waals surface area contributed by atoms with Gasteiger partial charge in [0.05, 0.1) is 5.56 Å². The van der Waals surface area contributed by atoms with E-state index in [4.69, 9.17) is 0 Å². The van der Waals surface area contributed by atoms with E-state index in [2.05, 4.69) is 18.3 Å². The number of hydrogen-bond acceptors (Lipinski definition) is 3. The summed E-state index contributed by atoms with van der Waals surface area (Å²) in [6.07, 6.45) is 7.18. The van der Waals surface area contributed by atoms with E-state index in [0.29, 0.717) is 54.2 Å². The fraction of sp³-hybridized carbons (Fsp3) is 0.517. The average Bonchev–Trinajstić information content (AvgIpc) is 3.08. The first-order valence-corrected chi connectivity index (χ1v) is 12.9. The number of aromatic hydroxyl groups is 1. The molecule has 2 fully saturated rings. The highest BCUT2D eigenvalue weighted by Gasteiger charge is 2.58. The zero-order valence-corrected chi connectivity index (χ0v) is 20.2. The molecule has 5 atom stereocenters. The van der Waals surface area contributed by atoms with Gasteiger partial charge in [-0.15, -0.1) is 0 Å². The average molecular weight is 482 g/mol. The van der Waals surface area contributed by atoms with Crippen molar-refractivity contribution in [2.75, 3.05) is 6.54 Å². The van der Waals surface area contributed by atoms with Gasteiger partial charge in [0, 0.05) is 24.4 Å². The van der Waals surface area contributed by atoms with Crippen LogP contribution in [0.1, 0.15) is 79.3 Å². The number of aryl methyl sites for hydroxylation is 1. The van der Waals surface area contributed by atoms with E-state index in [1.807, 2.05) is 6.07 Å². The van der Waals surface area contributed by atoms with Crippen molar-refractivity contribution in [1.82, 2.24) is 5.32 Å². The van der Waals surface area contributed by atoms with E-state index in [9.17, 15) is 23.5 Å². The number of carbonyl (C=O) groups excluding carboxylic acids is 2. The van der Waals surface area contributed by atoms with Crippen LogP contribution >= 0.6 is 0 Å². The molecule has 0 saturated heterocycles. The van der Waals surface area contributed by atoms with Crippen molar-refractivity contribution >= 4 is 11.7 Å². The second-order valence-corrected chi connectivity index (χ2v) is 10.9. The Labute approximate surface area is 205 Å². The quantitative estimate of drug-likeness (QED) is 0.503. The third-order valence-electron chi connectivity index (χ3n) is 9.02. The Morgan fingerprint density at radius 3 is 2.77 bits per heavy atom. The van der Waals surface area contributed by atoms with Crippen LogP contribution < -0.4 is 5.32 Å². The highest BCUT2D eigenvalue weighted by molar-refractivity contribution is 5.94. The zero-order valence-electron chi connectivity index (χ0n) is 20.2. The number of carbonyl (C=O) groups is 2. The Kier molecular flexibility index (Phi) is 6.41. The van der Waals surface area contributed by atoms with Crippen molar-refractivity contribution in [2.45, 2.75) is 64.2 Å². The van der Waals surface area contributed by atoms with Crippen molar-refractivity contribution < 1.29 is 23.5 Å². The van der Waals surface area contributed by atoms with Gasteiger partial charge in [-0.25, -0.2) is 8.78 Å². The van der Waals surface area contributed by atoms with Gasteiger partial charge in [0.2, 0.25) is 0 Å². The Bertz CT molecular complexity index is 1150. The minimum absolute atomic E-state index is 0.150. The van der Waals surface area contributed by atoms with Crippen molar-refractivity contribution in [3.63, 3.8) is 0 Å². The number of phenols is 1. The predicted octanol–water partition coefficient (Wildman–Crippen LogP) is 5.92. The number of rotatable bonds is 6. The molecule has 2 saturated carbocycles. The Morgan fingerprint density at radius 2 is 1.97 bits per heavy atom. The van der Waals surface area contributed by atoms with Crippen LogP contribution in [-0.4, -0.2) is 23.3 Å². The standard InChI is InChI=1S/C29H33F2NO3/c1-29-12-11-22-21-10-7-20(33)14-17(21)5-8-23(22)27(29)18(15-26(29)34)4-2-3-13-32-28(35)24-9-6-19(30)16-25(24)31/h6-7,9-10,14,16,18,22-23,27,33H,2-5,8,11-13,15H2,1H3,(H,32,35)/t18-,22+,23+,27-,29+/m0/s1. The van der Waals surface area contributed by atoms with E-state index < -0.39 is 17.5 Å². The van der Waals surface area contributed by atoms with Crippen LogP contribution in [0.25, 0.3) is 0 Å². The molecule has 2 N–H and O–H groups in total. The van der Waals surface area contributed by atoms with Crippen LogP contribution in [0.4, 0.5) is 8.78 Å².